The number of nitrogens with one attached hydrogen (secondary N) is 3. The van der Waals surface area contributed by atoms with E-state index in [1.54, 1.807) is 24.3 Å². The molecule has 0 atom stereocenters. The molecule has 1 aliphatic carbocycles. The number of carbonyl (C=O) groups excluding carboxylic acids is 1. The summed E-state index contributed by atoms with van der Waals surface area (Å²) in [6.07, 6.45) is 5.51. The van der Waals surface area contributed by atoms with Crippen LogP contribution in [0.3, 0.4) is 0 Å². The zero-order chi connectivity index (χ0) is 22.5. The first-order valence-corrected chi connectivity index (χ1v) is 10.7. The Bertz CT molecular complexity index is 1170. The number of ether oxygens (including phenoxy) is 2. The fraction of sp³-hybridized carbons (Fsp3) is 0.333. The Balaban J connectivity index is 1.66. The van der Waals surface area contributed by atoms with Gasteiger partial charge in [-0.05, 0) is 37.1 Å². The van der Waals surface area contributed by atoms with Crippen LogP contribution in [0.1, 0.15) is 32.1 Å². The molecular weight excluding hydrogens is 410 g/mol. The van der Waals surface area contributed by atoms with E-state index in [0.717, 1.165) is 31.1 Å². The molecule has 8 heteroatoms. The van der Waals surface area contributed by atoms with Gasteiger partial charge in [-0.15, -0.1) is 0 Å². The van der Waals surface area contributed by atoms with Gasteiger partial charge >= 0.3 is 11.7 Å². The SMILES string of the molecule is COc1ccc(OC)c(NC(=O)Nc2c(NC3CCCCC3)c3ccccc3oc2=O)c1. The molecule has 1 aliphatic rings. The van der Waals surface area contributed by atoms with E-state index in [1.165, 1.54) is 20.6 Å². The van der Waals surface area contributed by atoms with Crippen molar-refractivity contribution in [2.75, 3.05) is 30.2 Å². The van der Waals surface area contributed by atoms with Crippen LogP contribution in [0.15, 0.2) is 51.7 Å². The van der Waals surface area contributed by atoms with Crippen LogP contribution in [0.4, 0.5) is 21.9 Å². The zero-order valence-electron chi connectivity index (χ0n) is 18.2. The second-order valence-corrected chi connectivity index (χ2v) is 7.76. The highest BCUT2D eigenvalue weighted by Crippen LogP contribution is 2.33. The minimum absolute atomic E-state index is 0.0774. The van der Waals surface area contributed by atoms with Gasteiger partial charge in [0, 0.05) is 17.5 Å². The molecule has 8 nitrogen and oxygen atoms in total. The molecule has 0 aliphatic heterocycles. The fourth-order valence-electron chi connectivity index (χ4n) is 4.04. The van der Waals surface area contributed by atoms with Crippen molar-refractivity contribution in [2.45, 2.75) is 38.1 Å². The Hall–Kier alpha value is -3.68. The molecule has 2 amide bonds. The Morgan fingerprint density at radius 3 is 2.50 bits per heavy atom. The monoisotopic (exact) mass is 437 g/mol. The van der Waals surface area contributed by atoms with Crippen LogP contribution in [-0.2, 0) is 0 Å². The molecule has 1 heterocycles. The third-order valence-corrected chi connectivity index (χ3v) is 5.66. The fourth-order valence-corrected chi connectivity index (χ4v) is 4.04. The number of anilines is 3. The summed E-state index contributed by atoms with van der Waals surface area (Å²) in [4.78, 5) is 25.7. The number of benzene rings is 2. The first-order chi connectivity index (χ1) is 15.6. The minimum Gasteiger partial charge on any atom is -0.497 e. The molecule has 3 N–H and O–H groups in total. The van der Waals surface area contributed by atoms with E-state index in [0.29, 0.717) is 28.5 Å². The highest BCUT2D eigenvalue weighted by atomic mass is 16.5. The normalized spacial score (nSPS) is 14.1. The summed E-state index contributed by atoms with van der Waals surface area (Å²) >= 11 is 0. The van der Waals surface area contributed by atoms with Crippen molar-refractivity contribution in [1.82, 2.24) is 0 Å². The molecule has 0 unspecified atom stereocenters. The van der Waals surface area contributed by atoms with E-state index in [1.807, 2.05) is 18.2 Å². The Morgan fingerprint density at radius 2 is 1.75 bits per heavy atom. The predicted molar refractivity (Wildman–Crippen MR) is 125 cm³/mol. The van der Waals surface area contributed by atoms with Crippen LogP contribution in [0.5, 0.6) is 11.5 Å². The van der Waals surface area contributed by atoms with Gasteiger partial charge in [-0.25, -0.2) is 9.59 Å². The molecule has 0 bridgehead atoms. The third-order valence-electron chi connectivity index (χ3n) is 5.66. The van der Waals surface area contributed by atoms with E-state index in [4.69, 9.17) is 13.9 Å². The number of urea groups is 1. The minimum atomic E-state index is -0.616. The number of carbonyl (C=O) groups is 1. The van der Waals surface area contributed by atoms with Crippen LogP contribution < -0.4 is 31.0 Å². The van der Waals surface area contributed by atoms with Crippen molar-refractivity contribution >= 4 is 34.1 Å². The summed E-state index contributed by atoms with van der Waals surface area (Å²) in [7, 11) is 3.05. The van der Waals surface area contributed by atoms with Crippen molar-refractivity contribution in [3.8, 4) is 11.5 Å². The van der Waals surface area contributed by atoms with Crippen LogP contribution in [-0.4, -0.2) is 26.3 Å². The number of methoxy groups -OCH3 is 2. The van der Waals surface area contributed by atoms with Gasteiger partial charge in [0.2, 0.25) is 0 Å². The first kappa shape index (κ1) is 21.5. The van der Waals surface area contributed by atoms with E-state index >= 15 is 0 Å². The largest absolute Gasteiger partial charge is 0.497 e. The van der Waals surface area contributed by atoms with Gasteiger partial charge in [0.05, 0.1) is 25.6 Å². The lowest BCUT2D eigenvalue weighted by atomic mass is 9.95. The molecule has 0 radical (unpaired) electrons. The Morgan fingerprint density at radius 1 is 0.969 bits per heavy atom. The second-order valence-electron chi connectivity index (χ2n) is 7.76. The average Bonchev–Trinajstić information content (AvgIpc) is 2.81. The molecule has 1 fully saturated rings. The summed E-state index contributed by atoms with van der Waals surface area (Å²) in [6.45, 7) is 0. The van der Waals surface area contributed by atoms with Gasteiger partial charge in [0.25, 0.3) is 0 Å². The second kappa shape index (κ2) is 9.64. The summed E-state index contributed by atoms with van der Waals surface area (Å²) in [5.41, 5.74) is 0.924. The maximum Gasteiger partial charge on any atom is 0.362 e. The van der Waals surface area contributed by atoms with Gasteiger partial charge < -0.3 is 24.5 Å². The molecule has 168 valence electrons. The van der Waals surface area contributed by atoms with Gasteiger partial charge in [-0.2, -0.15) is 0 Å². The van der Waals surface area contributed by atoms with E-state index in [2.05, 4.69) is 16.0 Å². The van der Waals surface area contributed by atoms with Crippen molar-refractivity contribution in [3.05, 3.63) is 52.9 Å². The summed E-state index contributed by atoms with van der Waals surface area (Å²) in [5, 5.41) is 9.65. The molecule has 1 saturated carbocycles. The van der Waals surface area contributed by atoms with Crippen molar-refractivity contribution < 1.29 is 18.7 Å². The molecule has 2 aromatic carbocycles. The average molecular weight is 437 g/mol. The summed E-state index contributed by atoms with van der Waals surface area (Å²) < 4.78 is 16.0. The van der Waals surface area contributed by atoms with Crippen LogP contribution in [0.2, 0.25) is 0 Å². The summed E-state index contributed by atoms with van der Waals surface area (Å²) in [6, 6.07) is 12.0. The van der Waals surface area contributed by atoms with Gasteiger partial charge in [-0.1, -0.05) is 31.4 Å². The smallest absolute Gasteiger partial charge is 0.362 e. The highest BCUT2D eigenvalue weighted by Gasteiger charge is 2.21. The lowest BCUT2D eigenvalue weighted by Crippen LogP contribution is -2.28. The van der Waals surface area contributed by atoms with Gasteiger partial charge in [-0.3, -0.25) is 5.32 Å². The number of hydrogen-bond acceptors (Lipinski definition) is 6. The number of rotatable bonds is 6. The Kier molecular flexibility index (Phi) is 6.49. The topological polar surface area (TPSA) is 102 Å². The number of para-hydroxylation sites is 1. The predicted octanol–water partition coefficient (Wildman–Crippen LogP) is 5.20. The standard InChI is InChI=1S/C24H27N3O5/c1-30-16-12-13-20(31-2)18(14-16)26-24(29)27-22-21(25-15-8-4-3-5-9-15)17-10-6-7-11-19(17)32-23(22)28/h6-7,10-15,25H,3-5,8-9H2,1-2H3,(H2,26,27,29). The number of hydrogen-bond donors (Lipinski definition) is 3. The van der Waals surface area contributed by atoms with Gasteiger partial charge in [0.15, 0.2) is 5.69 Å². The quantitative estimate of drug-likeness (QED) is 0.458. The highest BCUT2D eigenvalue weighted by molar-refractivity contribution is 6.06. The van der Waals surface area contributed by atoms with E-state index in [9.17, 15) is 9.59 Å². The molecule has 32 heavy (non-hydrogen) atoms. The molecule has 4 rings (SSSR count). The lowest BCUT2D eigenvalue weighted by Gasteiger charge is -2.25. The van der Waals surface area contributed by atoms with E-state index in [-0.39, 0.29) is 11.7 Å². The number of fused-ring (bicyclic) bond motifs is 1. The summed E-state index contributed by atoms with van der Waals surface area (Å²) in [5.74, 6) is 1.03. The molecular formula is C24H27N3O5. The van der Waals surface area contributed by atoms with Crippen LogP contribution in [0.25, 0.3) is 11.0 Å². The molecule has 0 saturated heterocycles. The lowest BCUT2D eigenvalue weighted by molar-refractivity contribution is 0.262. The van der Waals surface area contributed by atoms with Gasteiger partial charge in [0.1, 0.15) is 17.1 Å². The van der Waals surface area contributed by atoms with Crippen molar-refractivity contribution in [3.63, 3.8) is 0 Å². The van der Waals surface area contributed by atoms with Crippen molar-refractivity contribution in [1.29, 1.82) is 0 Å². The first-order valence-electron chi connectivity index (χ1n) is 10.7. The number of amides is 2. The molecule has 0 spiro atoms. The Labute approximate surface area is 185 Å². The maximum absolute atomic E-state index is 12.9. The maximum atomic E-state index is 12.9. The third kappa shape index (κ3) is 4.64. The molecule has 3 aromatic rings. The van der Waals surface area contributed by atoms with Crippen LogP contribution >= 0.6 is 0 Å². The van der Waals surface area contributed by atoms with Crippen molar-refractivity contribution in [2.24, 2.45) is 0 Å². The molecule has 1 aromatic heterocycles. The van der Waals surface area contributed by atoms with E-state index < -0.39 is 11.7 Å². The van der Waals surface area contributed by atoms with Crippen LogP contribution in [0, 0.1) is 0 Å². The zero-order valence-corrected chi connectivity index (χ0v) is 18.2.